The lowest BCUT2D eigenvalue weighted by Gasteiger charge is -2.05. The maximum Gasteiger partial charge on any atom is 0.250 e. The van der Waals surface area contributed by atoms with Crippen LogP contribution in [0.25, 0.3) is 0 Å². The van der Waals surface area contributed by atoms with Crippen molar-refractivity contribution in [2.24, 2.45) is 0 Å². The molecular formula is C9H16N2O2S2. The van der Waals surface area contributed by atoms with Gasteiger partial charge in [0.2, 0.25) is 10.0 Å². The molecule has 0 aliphatic rings. The molecule has 1 rings (SSSR count). The molecule has 2 N–H and O–H groups in total. The molecule has 0 saturated carbocycles. The van der Waals surface area contributed by atoms with E-state index in [4.69, 9.17) is 0 Å². The van der Waals surface area contributed by atoms with Crippen LogP contribution in [0.1, 0.15) is 12.5 Å². The maximum atomic E-state index is 11.7. The molecule has 4 nitrogen and oxygen atoms in total. The van der Waals surface area contributed by atoms with Crippen LogP contribution in [0.3, 0.4) is 0 Å². The smallest absolute Gasteiger partial charge is 0.250 e. The first-order chi connectivity index (χ1) is 7.08. The van der Waals surface area contributed by atoms with Crippen molar-refractivity contribution in [3.05, 3.63) is 17.0 Å². The molecule has 0 saturated heterocycles. The van der Waals surface area contributed by atoms with Crippen molar-refractivity contribution in [1.82, 2.24) is 10.0 Å². The van der Waals surface area contributed by atoms with Gasteiger partial charge in [0.05, 0.1) is 0 Å². The van der Waals surface area contributed by atoms with Gasteiger partial charge in [-0.3, -0.25) is 0 Å². The third kappa shape index (κ3) is 3.57. The first-order valence-electron chi connectivity index (χ1n) is 4.82. The predicted molar refractivity (Wildman–Crippen MR) is 62.8 cm³/mol. The predicted octanol–water partition coefficient (Wildman–Crippen LogP) is 0.944. The summed E-state index contributed by atoms with van der Waals surface area (Å²) in [5.41, 5.74) is 0.802. The van der Waals surface area contributed by atoms with E-state index in [9.17, 15) is 8.42 Å². The Morgan fingerprint density at radius 3 is 2.67 bits per heavy atom. The molecule has 6 heteroatoms. The quantitative estimate of drug-likeness (QED) is 0.737. The molecule has 0 aliphatic carbocycles. The Morgan fingerprint density at radius 2 is 2.13 bits per heavy atom. The summed E-state index contributed by atoms with van der Waals surface area (Å²) in [4.78, 5) is 0. The summed E-state index contributed by atoms with van der Waals surface area (Å²) in [6, 6.07) is 1.81. The van der Waals surface area contributed by atoms with Gasteiger partial charge in [0, 0.05) is 13.1 Å². The lowest BCUT2D eigenvalue weighted by Crippen LogP contribution is -2.31. The topological polar surface area (TPSA) is 58.2 Å². The molecule has 0 radical (unpaired) electrons. The second kappa shape index (κ2) is 5.60. The van der Waals surface area contributed by atoms with E-state index in [-0.39, 0.29) is 0 Å². The van der Waals surface area contributed by atoms with Crippen LogP contribution in [-0.2, 0) is 10.0 Å². The highest BCUT2D eigenvalue weighted by molar-refractivity contribution is 7.91. The molecule has 0 unspecified atom stereocenters. The molecule has 1 aromatic rings. The Labute approximate surface area is 94.8 Å². The molecule has 86 valence electrons. The van der Waals surface area contributed by atoms with Crippen molar-refractivity contribution in [3.63, 3.8) is 0 Å². The molecule has 0 spiro atoms. The van der Waals surface area contributed by atoms with E-state index in [0.717, 1.165) is 12.1 Å². The first-order valence-corrected chi connectivity index (χ1v) is 7.18. The average Bonchev–Trinajstić information content (AvgIpc) is 2.60. The monoisotopic (exact) mass is 248 g/mol. The third-order valence-corrected chi connectivity index (χ3v) is 5.05. The van der Waals surface area contributed by atoms with Crippen LogP contribution in [0.4, 0.5) is 0 Å². The van der Waals surface area contributed by atoms with Crippen molar-refractivity contribution < 1.29 is 8.42 Å². The van der Waals surface area contributed by atoms with Gasteiger partial charge in [0.25, 0.3) is 0 Å². The van der Waals surface area contributed by atoms with E-state index < -0.39 is 10.0 Å². The highest BCUT2D eigenvalue weighted by Crippen LogP contribution is 2.20. The highest BCUT2D eigenvalue weighted by atomic mass is 32.2. The number of likely N-dealkylation sites (N-methyl/N-ethyl adjacent to an activating group) is 1. The number of thiophene rings is 1. The minimum absolute atomic E-state index is 0.416. The lowest BCUT2D eigenvalue weighted by atomic mass is 10.4. The fraction of sp³-hybridized carbons (Fsp3) is 0.556. The summed E-state index contributed by atoms with van der Waals surface area (Å²) >= 11 is 1.25. The molecule has 15 heavy (non-hydrogen) atoms. The Bertz CT molecular complexity index is 398. The highest BCUT2D eigenvalue weighted by Gasteiger charge is 2.16. The minimum Gasteiger partial charge on any atom is -0.316 e. The number of aryl methyl sites for hydroxylation is 1. The SMILES string of the molecule is CCNCCNS(=O)(=O)c1sccc1C. The van der Waals surface area contributed by atoms with Gasteiger partial charge in [0.15, 0.2) is 0 Å². The van der Waals surface area contributed by atoms with Crippen molar-refractivity contribution in [2.75, 3.05) is 19.6 Å². The molecule has 0 aliphatic heterocycles. The summed E-state index contributed by atoms with van der Waals surface area (Å²) < 4.78 is 26.5. The van der Waals surface area contributed by atoms with Crippen molar-refractivity contribution in [3.8, 4) is 0 Å². The van der Waals surface area contributed by atoms with E-state index in [1.54, 1.807) is 12.3 Å². The molecule has 0 bridgehead atoms. The van der Waals surface area contributed by atoms with E-state index >= 15 is 0 Å². The van der Waals surface area contributed by atoms with E-state index in [1.807, 2.05) is 13.0 Å². The zero-order chi connectivity index (χ0) is 11.3. The fourth-order valence-corrected chi connectivity index (χ4v) is 3.64. The minimum atomic E-state index is -3.30. The Hall–Kier alpha value is -0.430. The summed E-state index contributed by atoms with van der Waals surface area (Å²) in [6.07, 6.45) is 0. The van der Waals surface area contributed by atoms with Gasteiger partial charge >= 0.3 is 0 Å². The zero-order valence-corrected chi connectivity index (χ0v) is 10.5. The first kappa shape index (κ1) is 12.6. The number of hydrogen-bond acceptors (Lipinski definition) is 4. The molecule has 1 aromatic heterocycles. The number of nitrogens with one attached hydrogen (secondary N) is 2. The zero-order valence-electron chi connectivity index (χ0n) is 8.91. The van der Waals surface area contributed by atoms with Crippen LogP contribution < -0.4 is 10.0 Å². The lowest BCUT2D eigenvalue weighted by molar-refractivity contribution is 0.579. The van der Waals surface area contributed by atoms with Crippen molar-refractivity contribution in [1.29, 1.82) is 0 Å². The average molecular weight is 248 g/mol. The summed E-state index contributed by atoms with van der Waals surface area (Å²) in [7, 11) is -3.30. The Balaban J connectivity index is 2.57. The number of hydrogen-bond donors (Lipinski definition) is 2. The molecule has 0 amide bonds. The normalized spacial score (nSPS) is 11.9. The standard InChI is InChI=1S/C9H16N2O2S2/c1-3-10-5-6-11-15(12,13)9-8(2)4-7-14-9/h4,7,10-11H,3,5-6H2,1-2H3. The maximum absolute atomic E-state index is 11.7. The van der Waals surface area contributed by atoms with Crippen LogP contribution in [0.15, 0.2) is 15.7 Å². The number of rotatable bonds is 6. The van der Waals surface area contributed by atoms with Crippen LogP contribution in [0.5, 0.6) is 0 Å². The number of sulfonamides is 1. The van der Waals surface area contributed by atoms with Gasteiger partial charge in [-0.25, -0.2) is 13.1 Å². The second-order valence-corrected chi connectivity index (χ2v) is 6.02. The van der Waals surface area contributed by atoms with Crippen LogP contribution >= 0.6 is 11.3 Å². The third-order valence-electron chi connectivity index (χ3n) is 1.90. The summed E-state index contributed by atoms with van der Waals surface area (Å²) in [5.74, 6) is 0. The van der Waals surface area contributed by atoms with Crippen molar-refractivity contribution in [2.45, 2.75) is 18.1 Å². The fourth-order valence-electron chi connectivity index (χ4n) is 1.15. The molecule has 1 heterocycles. The van der Waals surface area contributed by atoms with E-state index in [1.165, 1.54) is 11.3 Å². The summed E-state index contributed by atoms with van der Waals surface area (Å²) in [5, 5.41) is 4.84. The van der Waals surface area contributed by atoms with Crippen LogP contribution in [0, 0.1) is 6.92 Å². The van der Waals surface area contributed by atoms with Crippen LogP contribution in [0.2, 0.25) is 0 Å². The van der Waals surface area contributed by atoms with Gasteiger partial charge < -0.3 is 5.32 Å². The largest absolute Gasteiger partial charge is 0.316 e. The molecule has 0 aromatic carbocycles. The Morgan fingerprint density at radius 1 is 1.40 bits per heavy atom. The van der Waals surface area contributed by atoms with Gasteiger partial charge in [-0.2, -0.15) is 0 Å². The summed E-state index contributed by atoms with van der Waals surface area (Å²) in [6.45, 7) is 5.71. The molecule has 0 atom stereocenters. The van der Waals surface area contributed by atoms with Gasteiger partial charge in [-0.15, -0.1) is 11.3 Å². The van der Waals surface area contributed by atoms with Gasteiger partial charge in [-0.05, 0) is 30.5 Å². The molecule has 0 fully saturated rings. The van der Waals surface area contributed by atoms with Gasteiger partial charge in [-0.1, -0.05) is 6.92 Å². The van der Waals surface area contributed by atoms with E-state index in [2.05, 4.69) is 10.0 Å². The van der Waals surface area contributed by atoms with Gasteiger partial charge in [0.1, 0.15) is 4.21 Å². The Kier molecular flexibility index (Phi) is 4.72. The van der Waals surface area contributed by atoms with Crippen molar-refractivity contribution >= 4 is 21.4 Å². The van der Waals surface area contributed by atoms with E-state index in [0.29, 0.717) is 17.3 Å². The second-order valence-electron chi connectivity index (χ2n) is 3.14. The van der Waals surface area contributed by atoms with Crippen LogP contribution in [-0.4, -0.2) is 28.1 Å². The molecular weight excluding hydrogens is 232 g/mol.